The van der Waals surface area contributed by atoms with Gasteiger partial charge in [0.05, 0.1) is 19.1 Å². The molecule has 2 aliphatic rings. The van der Waals surface area contributed by atoms with Crippen molar-refractivity contribution in [3.05, 3.63) is 65.2 Å². The number of rotatable bonds is 7. The standard InChI is InChI=1S/C27H29N3O6S/c1-28-12-14-29(15-13-28)37(33,34)24-17-23(36-3)22(35-2)16-19(24)10-11-30-26(31)20-8-4-6-18-7-5-9-21(25(18)20)27(30)32/h4-9,16-17H,10-15H2,1-3H3. The molecule has 5 rings (SSSR count). The molecule has 0 saturated carbocycles. The van der Waals surface area contributed by atoms with Crippen LogP contribution in [0.15, 0.2) is 53.4 Å². The molecule has 1 fully saturated rings. The second-order valence-electron chi connectivity index (χ2n) is 9.24. The molecule has 3 aromatic rings. The van der Waals surface area contributed by atoms with E-state index in [0.29, 0.717) is 59.8 Å². The SMILES string of the molecule is COc1cc(CCN2C(=O)c3cccc4cccc(c34)C2=O)c(S(=O)(=O)N2CCN(C)CC2)cc1OC. The molecule has 1 saturated heterocycles. The monoisotopic (exact) mass is 523 g/mol. The van der Waals surface area contributed by atoms with Crippen LogP contribution < -0.4 is 9.47 Å². The van der Waals surface area contributed by atoms with Crippen LogP contribution in [0.3, 0.4) is 0 Å². The van der Waals surface area contributed by atoms with Gasteiger partial charge in [0.15, 0.2) is 11.5 Å². The van der Waals surface area contributed by atoms with Crippen LogP contribution in [0.1, 0.15) is 26.3 Å². The van der Waals surface area contributed by atoms with Crippen molar-refractivity contribution in [2.45, 2.75) is 11.3 Å². The molecule has 2 aliphatic heterocycles. The number of hydrogen-bond acceptors (Lipinski definition) is 7. The number of methoxy groups -OCH3 is 2. The fourth-order valence-corrected chi connectivity index (χ4v) is 6.69. The van der Waals surface area contributed by atoms with Gasteiger partial charge in [0.1, 0.15) is 0 Å². The largest absolute Gasteiger partial charge is 0.493 e. The highest BCUT2D eigenvalue weighted by molar-refractivity contribution is 7.89. The molecule has 2 amide bonds. The summed E-state index contributed by atoms with van der Waals surface area (Å²) in [5, 5.41) is 1.48. The summed E-state index contributed by atoms with van der Waals surface area (Å²) >= 11 is 0. The lowest BCUT2D eigenvalue weighted by Gasteiger charge is -2.32. The highest BCUT2D eigenvalue weighted by Gasteiger charge is 2.34. The molecular formula is C27H29N3O6S. The molecule has 0 unspecified atom stereocenters. The van der Waals surface area contributed by atoms with E-state index >= 15 is 0 Å². The Hall–Kier alpha value is -3.47. The molecule has 0 atom stereocenters. The third-order valence-corrected chi connectivity index (χ3v) is 9.09. The quantitative estimate of drug-likeness (QED) is 0.439. The summed E-state index contributed by atoms with van der Waals surface area (Å²) in [5.41, 5.74) is 1.38. The second kappa shape index (κ2) is 9.77. The van der Waals surface area contributed by atoms with E-state index in [1.165, 1.54) is 29.5 Å². The van der Waals surface area contributed by atoms with E-state index in [2.05, 4.69) is 4.90 Å². The Kier molecular flexibility index (Phi) is 6.65. The molecule has 3 aromatic carbocycles. The van der Waals surface area contributed by atoms with Gasteiger partial charge in [-0.1, -0.05) is 24.3 Å². The Labute approximate surface area is 216 Å². The van der Waals surface area contributed by atoms with Crippen molar-refractivity contribution in [3.63, 3.8) is 0 Å². The van der Waals surface area contributed by atoms with Crippen LogP contribution in [-0.2, 0) is 16.4 Å². The molecule has 0 radical (unpaired) electrons. The summed E-state index contributed by atoms with van der Waals surface area (Å²) in [7, 11) is 1.03. The maximum Gasteiger partial charge on any atom is 0.261 e. The van der Waals surface area contributed by atoms with Gasteiger partial charge in [-0.3, -0.25) is 14.5 Å². The zero-order chi connectivity index (χ0) is 26.3. The Morgan fingerprint density at radius 3 is 1.97 bits per heavy atom. The van der Waals surface area contributed by atoms with Crippen molar-refractivity contribution in [3.8, 4) is 11.5 Å². The number of hydrogen-bond donors (Lipinski definition) is 0. The van der Waals surface area contributed by atoms with Crippen LogP contribution >= 0.6 is 0 Å². The Balaban J connectivity index is 1.50. The van der Waals surface area contributed by atoms with Crippen LogP contribution in [-0.4, -0.2) is 88.3 Å². The van der Waals surface area contributed by atoms with E-state index in [0.717, 1.165) is 5.39 Å². The van der Waals surface area contributed by atoms with E-state index < -0.39 is 21.8 Å². The number of imide groups is 1. The number of sulfonamides is 1. The molecule has 10 heteroatoms. The number of piperazine rings is 1. The van der Waals surface area contributed by atoms with E-state index in [1.54, 1.807) is 30.3 Å². The first kappa shape index (κ1) is 25.2. The minimum absolute atomic E-state index is 0.0170. The summed E-state index contributed by atoms with van der Waals surface area (Å²) in [4.78, 5) is 30.1. The topological polar surface area (TPSA) is 96.5 Å². The molecule has 9 nitrogen and oxygen atoms in total. The molecule has 0 spiro atoms. The van der Waals surface area contributed by atoms with Crippen molar-refractivity contribution in [1.29, 1.82) is 0 Å². The highest BCUT2D eigenvalue weighted by Crippen LogP contribution is 2.35. The van der Waals surface area contributed by atoms with Crippen molar-refractivity contribution in [2.75, 3.05) is 54.0 Å². The first-order valence-electron chi connectivity index (χ1n) is 12.1. The Bertz CT molecular complexity index is 1440. The zero-order valence-corrected chi connectivity index (χ0v) is 21.9. The number of amides is 2. The predicted octanol–water partition coefficient (Wildman–Crippen LogP) is 2.63. The lowest BCUT2D eigenvalue weighted by Crippen LogP contribution is -2.47. The summed E-state index contributed by atoms with van der Waals surface area (Å²) in [6.45, 7) is 2.02. The van der Waals surface area contributed by atoms with E-state index in [9.17, 15) is 18.0 Å². The van der Waals surface area contributed by atoms with Gasteiger partial charge in [-0.05, 0) is 42.6 Å². The van der Waals surface area contributed by atoms with Gasteiger partial charge in [0.25, 0.3) is 11.8 Å². The van der Waals surface area contributed by atoms with Crippen molar-refractivity contribution in [1.82, 2.24) is 14.1 Å². The summed E-state index contributed by atoms with van der Waals surface area (Å²) in [5.74, 6) is -0.109. The minimum atomic E-state index is -3.85. The molecule has 0 aliphatic carbocycles. The molecule has 2 heterocycles. The number of likely N-dealkylation sites (N-methyl/N-ethyl adjacent to an activating group) is 1. The first-order valence-corrected chi connectivity index (χ1v) is 13.5. The van der Waals surface area contributed by atoms with Gasteiger partial charge >= 0.3 is 0 Å². The maximum atomic E-state index is 13.7. The maximum absolute atomic E-state index is 13.7. The van der Waals surface area contributed by atoms with Gasteiger partial charge in [-0.2, -0.15) is 4.31 Å². The third-order valence-electron chi connectivity index (χ3n) is 7.11. The van der Waals surface area contributed by atoms with E-state index in [4.69, 9.17) is 9.47 Å². The molecule has 37 heavy (non-hydrogen) atoms. The number of benzene rings is 3. The summed E-state index contributed by atoms with van der Waals surface area (Å²) in [6.07, 6.45) is 0.137. The van der Waals surface area contributed by atoms with Gasteiger partial charge in [0.2, 0.25) is 10.0 Å². The second-order valence-corrected chi connectivity index (χ2v) is 11.1. The van der Waals surface area contributed by atoms with Crippen molar-refractivity contribution >= 4 is 32.6 Å². The van der Waals surface area contributed by atoms with Crippen molar-refractivity contribution in [2.24, 2.45) is 0 Å². The fourth-order valence-electron chi connectivity index (χ4n) is 5.02. The van der Waals surface area contributed by atoms with Crippen LogP contribution in [0, 0.1) is 0 Å². The van der Waals surface area contributed by atoms with Gasteiger partial charge in [0, 0.05) is 55.3 Å². The molecular weight excluding hydrogens is 494 g/mol. The number of carbonyl (C=O) groups is 2. The van der Waals surface area contributed by atoms with Gasteiger partial charge in [-0.15, -0.1) is 0 Å². The van der Waals surface area contributed by atoms with E-state index in [-0.39, 0.29) is 17.9 Å². The number of ether oxygens (including phenoxy) is 2. The summed E-state index contributed by atoms with van der Waals surface area (Å²) in [6, 6.07) is 13.9. The third kappa shape index (κ3) is 4.35. The zero-order valence-electron chi connectivity index (χ0n) is 21.1. The van der Waals surface area contributed by atoms with Gasteiger partial charge < -0.3 is 14.4 Å². The first-order chi connectivity index (χ1) is 17.8. The Morgan fingerprint density at radius 2 is 1.41 bits per heavy atom. The molecule has 0 N–H and O–H groups in total. The predicted molar refractivity (Wildman–Crippen MR) is 139 cm³/mol. The lowest BCUT2D eigenvalue weighted by atomic mass is 9.94. The van der Waals surface area contributed by atoms with Crippen LogP contribution in [0.2, 0.25) is 0 Å². The average Bonchev–Trinajstić information content (AvgIpc) is 2.91. The highest BCUT2D eigenvalue weighted by atomic mass is 32.2. The average molecular weight is 524 g/mol. The minimum Gasteiger partial charge on any atom is -0.493 e. The van der Waals surface area contributed by atoms with E-state index in [1.807, 2.05) is 19.2 Å². The Morgan fingerprint density at radius 1 is 0.838 bits per heavy atom. The summed E-state index contributed by atoms with van der Waals surface area (Å²) < 4.78 is 39.7. The van der Waals surface area contributed by atoms with Crippen molar-refractivity contribution < 1.29 is 27.5 Å². The normalized spacial score (nSPS) is 16.9. The van der Waals surface area contributed by atoms with Crippen LogP contribution in [0.25, 0.3) is 10.8 Å². The molecule has 0 aromatic heterocycles. The number of nitrogens with zero attached hydrogens (tertiary/aromatic N) is 3. The van der Waals surface area contributed by atoms with Crippen LogP contribution in [0.5, 0.6) is 11.5 Å². The molecule has 194 valence electrons. The van der Waals surface area contributed by atoms with Crippen LogP contribution in [0.4, 0.5) is 0 Å². The lowest BCUT2D eigenvalue weighted by molar-refractivity contribution is 0.0612. The smallest absolute Gasteiger partial charge is 0.261 e. The number of carbonyl (C=O) groups excluding carboxylic acids is 2. The molecule has 0 bridgehead atoms. The van der Waals surface area contributed by atoms with Gasteiger partial charge in [-0.25, -0.2) is 8.42 Å². The fraction of sp³-hybridized carbons (Fsp3) is 0.333.